The average Bonchev–Trinajstić information content (AvgIpc) is 2.54. The Kier molecular flexibility index (Phi) is 4.94. The zero-order valence-electron chi connectivity index (χ0n) is 11.7. The maximum absolute atomic E-state index is 12.0. The van der Waals surface area contributed by atoms with E-state index in [0.29, 0.717) is 23.5 Å². The second-order valence-corrected chi connectivity index (χ2v) is 4.28. The van der Waals surface area contributed by atoms with Crippen LogP contribution < -0.4 is 9.47 Å². The van der Waals surface area contributed by atoms with Crippen LogP contribution in [-0.4, -0.2) is 19.0 Å². The van der Waals surface area contributed by atoms with Crippen LogP contribution in [0.3, 0.4) is 0 Å². The third kappa shape index (κ3) is 3.83. The van der Waals surface area contributed by atoms with Gasteiger partial charge in [-0.3, -0.25) is 4.79 Å². The van der Waals surface area contributed by atoms with E-state index in [2.05, 4.69) is 0 Å². The smallest absolute Gasteiger partial charge is 0.200 e. The summed E-state index contributed by atoms with van der Waals surface area (Å²) < 4.78 is 10.7. The Labute approximate surface area is 123 Å². The molecule has 4 nitrogen and oxygen atoms in total. The van der Waals surface area contributed by atoms with Crippen molar-refractivity contribution < 1.29 is 14.3 Å². The van der Waals surface area contributed by atoms with E-state index in [-0.39, 0.29) is 12.4 Å². The number of carbonyl (C=O) groups excluding carboxylic acids is 1. The first-order chi connectivity index (χ1) is 10.2. The number of hydrogen-bond donors (Lipinski definition) is 0. The summed E-state index contributed by atoms with van der Waals surface area (Å²) in [5, 5.41) is 8.95. The molecule has 106 valence electrons. The van der Waals surface area contributed by atoms with Crippen molar-refractivity contribution in [2.75, 3.05) is 13.2 Å². The second kappa shape index (κ2) is 7.11. The van der Waals surface area contributed by atoms with Crippen molar-refractivity contribution in [3.05, 3.63) is 59.7 Å². The van der Waals surface area contributed by atoms with Gasteiger partial charge < -0.3 is 9.47 Å². The van der Waals surface area contributed by atoms with Crippen molar-refractivity contribution in [2.45, 2.75) is 6.92 Å². The Morgan fingerprint density at radius 2 is 1.81 bits per heavy atom. The number of rotatable bonds is 6. The number of nitriles is 1. The van der Waals surface area contributed by atoms with Crippen molar-refractivity contribution >= 4 is 5.78 Å². The molecule has 0 spiro atoms. The summed E-state index contributed by atoms with van der Waals surface area (Å²) in [7, 11) is 0. The van der Waals surface area contributed by atoms with Crippen LogP contribution in [0, 0.1) is 11.3 Å². The van der Waals surface area contributed by atoms with Crippen LogP contribution in [0.15, 0.2) is 48.5 Å². The van der Waals surface area contributed by atoms with Crippen molar-refractivity contribution in [3.8, 4) is 17.6 Å². The van der Waals surface area contributed by atoms with E-state index in [1.165, 1.54) is 0 Å². The fourth-order valence-corrected chi connectivity index (χ4v) is 1.82. The van der Waals surface area contributed by atoms with Gasteiger partial charge in [-0.15, -0.1) is 0 Å². The normalized spacial score (nSPS) is 9.71. The molecule has 0 bridgehead atoms. The van der Waals surface area contributed by atoms with Crippen LogP contribution in [0.25, 0.3) is 0 Å². The highest BCUT2D eigenvalue weighted by molar-refractivity contribution is 5.97. The molecule has 2 aromatic carbocycles. The summed E-state index contributed by atoms with van der Waals surface area (Å²) in [6.07, 6.45) is 0. The van der Waals surface area contributed by atoms with Gasteiger partial charge in [0.15, 0.2) is 12.4 Å². The largest absolute Gasteiger partial charge is 0.494 e. The highest BCUT2D eigenvalue weighted by Gasteiger charge is 2.09. The molecule has 0 atom stereocenters. The number of Topliss-reactive ketones (excluding diaryl/α,β-unsaturated/α-hetero) is 1. The van der Waals surface area contributed by atoms with Crippen LogP contribution in [-0.2, 0) is 0 Å². The summed E-state index contributed by atoms with van der Waals surface area (Å²) >= 11 is 0. The maximum Gasteiger partial charge on any atom is 0.200 e. The fourth-order valence-electron chi connectivity index (χ4n) is 1.82. The van der Waals surface area contributed by atoms with Gasteiger partial charge in [0.2, 0.25) is 0 Å². The van der Waals surface area contributed by atoms with Gasteiger partial charge >= 0.3 is 0 Å². The highest BCUT2D eigenvalue weighted by Crippen LogP contribution is 2.17. The zero-order chi connectivity index (χ0) is 15.1. The summed E-state index contributed by atoms with van der Waals surface area (Å²) in [5.74, 6) is 0.995. The third-order valence-electron chi connectivity index (χ3n) is 2.85. The Hall–Kier alpha value is -2.80. The number of benzene rings is 2. The van der Waals surface area contributed by atoms with Crippen LogP contribution in [0.5, 0.6) is 11.5 Å². The first kappa shape index (κ1) is 14.6. The highest BCUT2D eigenvalue weighted by atomic mass is 16.5. The van der Waals surface area contributed by atoms with E-state index in [9.17, 15) is 4.79 Å². The molecule has 2 aromatic rings. The van der Waals surface area contributed by atoms with E-state index in [1.54, 1.807) is 48.5 Å². The van der Waals surface area contributed by atoms with Crippen LogP contribution in [0.4, 0.5) is 0 Å². The molecule has 0 saturated carbocycles. The zero-order valence-corrected chi connectivity index (χ0v) is 11.7. The summed E-state index contributed by atoms with van der Waals surface area (Å²) in [4.78, 5) is 12.0. The van der Waals surface area contributed by atoms with E-state index in [4.69, 9.17) is 14.7 Å². The summed E-state index contributed by atoms with van der Waals surface area (Å²) in [5.41, 5.74) is 0.963. The topological polar surface area (TPSA) is 59.3 Å². The molecule has 0 amide bonds. The Morgan fingerprint density at radius 3 is 2.48 bits per heavy atom. The standard InChI is InChI=1S/C17H15NO3/c1-2-20-15-9-7-13(8-10-15)16(19)12-21-17-6-4-3-5-14(17)11-18/h3-10H,2,12H2,1H3. The fraction of sp³-hybridized carbons (Fsp3) is 0.176. The number of ether oxygens (including phenoxy) is 2. The lowest BCUT2D eigenvalue weighted by molar-refractivity contribution is 0.0921. The third-order valence-corrected chi connectivity index (χ3v) is 2.85. The van der Waals surface area contributed by atoms with Gasteiger partial charge in [-0.1, -0.05) is 12.1 Å². The minimum Gasteiger partial charge on any atom is -0.494 e. The Morgan fingerprint density at radius 1 is 1.10 bits per heavy atom. The number of nitrogens with zero attached hydrogens (tertiary/aromatic N) is 1. The lowest BCUT2D eigenvalue weighted by atomic mass is 10.1. The van der Waals surface area contributed by atoms with E-state index in [1.807, 2.05) is 13.0 Å². The van der Waals surface area contributed by atoms with Crippen molar-refractivity contribution in [1.29, 1.82) is 5.26 Å². The molecule has 0 aliphatic carbocycles. The predicted octanol–water partition coefficient (Wildman–Crippen LogP) is 3.22. The van der Waals surface area contributed by atoms with Crippen molar-refractivity contribution in [3.63, 3.8) is 0 Å². The SMILES string of the molecule is CCOc1ccc(C(=O)COc2ccccc2C#N)cc1. The maximum atomic E-state index is 12.0. The van der Waals surface area contributed by atoms with Gasteiger partial charge in [-0.25, -0.2) is 0 Å². The molecular formula is C17H15NO3. The lowest BCUT2D eigenvalue weighted by Gasteiger charge is -2.07. The number of ketones is 1. The van der Waals surface area contributed by atoms with Crippen LogP contribution in [0.1, 0.15) is 22.8 Å². The van der Waals surface area contributed by atoms with Gasteiger partial charge in [0, 0.05) is 5.56 Å². The molecule has 0 unspecified atom stereocenters. The minimum absolute atomic E-state index is 0.104. The molecule has 2 rings (SSSR count). The molecule has 4 heteroatoms. The lowest BCUT2D eigenvalue weighted by Crippen LogP contribution is -2.12. The first-order valence-electron chi connectivity index (χ1n) is 6.62. The van der Waals surface area contributed by atoms with Crippen molar-refractivity contribution in [1.82, 2.24) is 0 Å². The van der Waals surface area contributed by atoms with Crippen LogP contribution >= 0.6 is 0 Å². The summed E-state index contributed by atoms with van der Waals surface area (Å²) in [6.45, 7) is 2.38. The molecule has 0 N–H and O–H groups in total. The Bertz CT molecular complexity index is 656. The predicted molar refractivity (Wildman–Crippen MR) is 78.6 cm³/mol. The second-order valence-electron chi connectivity index (χ2n) is 4.28. The molecule has 0 radical (unpaired) electrons. The first-order valence-corrected chi connectivity index (χ1v) is 6.62. The molecule has 0 heterocycles. The van der Waals surface area contributed by atoms with Gasteiger partial charge in [0.25, 0.3) is 0 Å². The number of carbonyl (C=O) groups is 1. The van der Waals surface area contributed by atoms with Crippen LogP contribution in [0.2, 0.25) is 0 Å². The molecule has 0 fully saturated rings. The number of para-hydroxylation sites is 1. The molecular weight excluding hydrogens is 266 g/mol. The van der Waals surface area contributed by atoms with E-state index >= 15 is 0 Å². The minimum atomic E-state index is -0.147. The van der Waals surface area contributed by atoms with Gasteiger partial charge in [-0.05, 0) is 43.3 Å². The van der Waals surface area contributed by atoms with E-state index < -0.39 is 0 Å². The molecule has 0 aromatic heterocycles. The van der Waals surface area contributed by atoms with Crippen molar-refractivity contribution in [2.24, 2.45) is 0 Å². The molecule has 0 saturated heterocycles. The van der Waals surface area contributed by atoms with Gasteiger partial charge in [-0.2, -0.15) is 5.26 Å². The average molecular weight is 281 g/mol. The van der Waals surface area contributed by atoms with Gasteiger partial charge in [0.1, 0.15) is 17.6 Å². The quantitative estimate of drug-likeness (QED) is 0.763. The van der Waals surface area contributed by atoms with Gasteiger partial charge in [0.05, 0.1) is 12.2 Å². The van der Waals surface area contributed by atoms with E-state index in [0.717, 1.165) is 5.75 Å². The molecule has 0 aliphatic heterocycles. The molecule has 0 aliphatic rings. The summed E-state index contributed by atoms with van der Waals surface area (Å²) in [6, 6.07) is 15.8. The number of hydrogen-bond acceptors (Lipinski definition) is 4. The monoisotopic (exact) mass is 281 g/mol. The Balaban J connectivity index is 2.00. The molecule has 21 heavy (non-hydrogen) atoms.